The summed E-state index contributed by atoms with van der Waals surface area (Å²) in [5.41, 5.74) is 0. The summed E-state index contributed by atoms with van der Waals surface area (Å²) in [5, 5.41) is 0. The van der Waals surface area contributed by atoms with Crippen molar-refractivity contribution in [1.82, 2.24) is 0 Å². The molecule has 0 aromatic rings. The highest BCUT2D eigenvalue weighted by Gasteiger charge is 2.38. The van der Waals surface area contributed by atoms with Crippen molar-refractivity contribution in [3.05, 3.63) is 24.3 Å². The molecule has 0 atom stereocenters. The fourth-order valence-corrected chi connectivity index (χ4v) is 6.16. The van der Waals surface area contributed by atoms with E-state index in [0.29, 0.717) is 0 Å². The number of hydrogen-bond donors (Lipinski definition) is 0. The third kappa shape index (κ3) is 10.8. The molecule has 0 spiro atoms. The van der Waals surface area contributed by atoms with E-state index < -0.39 is 29.4 Å². The van der Waals surface area contributed by atoms with E-state index in [1.54, 1.807) is 26.0 Å². The maximum Gasteiger partial charge on any atom is 0.392 e. The van der Waals surface area contributed by atoms with Gasteiger partial charge in [-0.3, -0.25) is 7.74 Å². The van der Waals surface area contributed by atoms with Gasteiger partial charge < -0.3 is 0 Å². The summed E-state index contributed by atoms with van der Waals surface area (Å²) in [7, 11) is -12.3. The topological polar surface area (TPSA) is 105 Å². The van der Waals surface area contributed by atoms with Crippen molar-refractivity contribution in [2.75, 3.05) is 13.2 Å². The fraction of sp³-hybridized carbons (Fsp3) is 0.600. The molecule has 0 aliphatic heterocycles. The van der Waals surface area contributed by atoms with E-state index in [2.05, 4.69) is 16.1 Å². The SMILES string of the molecule is C/C=C\COS(=O)(=O)O[Si](C)(C)OS(=O)(=O)OC/C=C\C. The lowest BCUT2D eigenvalue weighted by Gasteiger charge is -2.20. The second-order valence-corrected chi connectivity index (χ2v) is 10.3. The predicted molar refractivity (Wildman–Crippen MR) is 79.0 cm³/mol. The average Bonchev–Trinajstić information content (AvgIpc) is 2.25. The molecule has 0 rings (SSSR count). The monoisotopic (exact) mass is 360 g/mol. The van der Waals surface area contributed by atoms with Crippen LogP contribution in [0.25, 0.3) is 0 Å². The molecular formula is C10H20O8S2Si. The van der Waals surface area contributed by atoms with E-state index in [4.69, 9.17) is 0 Å². The molecule has 0 N–H and O–H groups in total. The van der Waals surface area contributed by atoms with Gasteiger partial charge >= 0.3 is 29.4 Å². The van der Waals surface area contributed by atoms with Gasteiger partial charge in [-0.2, -0.15) is 16.8 Å². The average molecular weight is 360 g/mol. The maximum absolute atomic E-state index is 11.5. The fourth-order valence-electron chi connectivity index (χ4n) is 0.991. The van der Waals surface area contributed by atoms with Crippen LogP contribution in [0, 0.1) is 0 Å². The Hall–Kier alpha value is -0.563. The van der Waals surface area contributed by atoms with E-state index in [1.807, 2.05) is 0 Å². The highest BCUT2D eigenvalue weighted by Crippen LogP contribution is 2.16. The summed E-state index contributed by atoms with van der Waals surface area (Å²) < 4.78 is 64.3. The Labute approximate surface area is 127 Å². The first-order valence-corrected chi connectivity index (χ1v) is 11.4. The Kier molecular flexibility index (Phi) is 8.54. The molecule has 0 aromatic heterocycles. The van der Waals surface area contributed by atoms with Gasteiger partial charge in [-0.15, -0.1) is 0 Å². The predicted octanol–water partition coefficient (Wildman–Crippen LogP) is 1.40. The minimum Gasteiger partial charge on any atom is -0.262 e. The first kappa shape index (κ1) is 20.4. The summed E-state index contributed by atoms with van der Waals surface area (Å²) in [4.78, 5) is 0. The van der Waals surface area contributed by atoms with E-state index in [0.717, 1.165) is 0 Å². The smallest absolute Gasteiger partial charge is 0.262 e. The highest BCUT2D eigenvalue weighted by molar-refractivity contribution is 7.84. The third-order valence-corrected chi connectivity index (χ3v) is 7.39. The maximum atomic E-state index is 11.5. The molecule has 0 heterocycles. The zero-order chi connectivity index (χ0) is 16.6. The molecule has 0 aliphatic carbocycles. The quantitative estimate of drug-likeness (QED) is 0.425. The lowest BCUT2D eigenvalue weighted by molar-refractivity contribution is 0.259. The summed E-state index contributed by atoms with van der Waals surface area (Å²) >= 11 is 0. The second kappa shape index (κ2) is 8.78. The normalized spacial score (nSPS) is 14.3. The summed E-state index contributed by atoms with van der Waals surface area (Å²) in [6.07, 6.45) is 6.09. The summed E-state index contributed by atoms with van der Waals surface area (Å²) in [5.74, 6) is 0. The van der Waals surface area contributed by atoms with E-state index >= 15 is 0 Å². The van der Waals surface area contributed by atoms with Crippen molar-refractivity contribution in [3.63, 3.8) is 0 Å². The largest absolute Gasteiger partial charge is 0.392 e. The van der Waals surface area contributed by atoms with Crippen LogP contribution in [0.1, 0.15) is 13.8 Å². The highest BCUT2D eigenvalue weighted by atomic mass is 32.3. The summed E-state index contributed by atoms with van der Waals surface area (Å²) in [6, 6.07) is 0. The van der Waals surface area contributed by atoms with Gasteiger partial charge in [-0.05, 0) is 26.9 Å². The molecule has 0 saturated carbocycles. The van der Waals surface area contributed by atoms with Crippen LogP contribution in [0.3, 0.4) is 0 Å². The van der Waals surface area contributed by atoms with Crippen molar-refractivity contribution in [1.29, 1.82) is 0 Å². The molecule has 21 heavy (non-hydrogen) atoms. The molecule has 11 heteroatoms. The van der Waals surface area contributed by atoms with Crippen LogP contribution in [0.2, 0.25) is 13.1 Å². The van der Waals surface area contributed by atoms with Gasteiger partial charge in [0.15, 0.2) is 0 Å². The van der Waals surface area contributed by atoms with Crippen molar-refractivity contribution >= 4 is 29.4 Å². The van der Waals surface area contributed by atoms with Crippen molar-refractivity contribution in [3.8, 4) is 0 Å². The van der Waals surface area contributed by atoms with Crippen LogP contribution >= 0.6 is 0 Å². The lowest BCUT2D eigenvalue weighted by atomic mass is 10.6. The van der Waals surface area contributed by atoms with Gasteiger partial charge in [-0.25, -0.2) is 8.37 Å². The molecule has 0 unspecified atom stereocenters. The molecule has 0 bridgehead atoms. The van der Waals surface area contributed by atoms with Gasteiger partial charge in [0.05, 0.1) is 13.2 Å². The first-order chi connectivity index (χ1) is 9.54. The Morgan fingerprint density at radius 3 is 1.43 bits per heavy atom. The van der Waals surface area contributed by atoms with Gasteiger partial charge in [0.2, 0.25) is 0 Å². The Morgan fingerprint density at radius 1 is 0.810 bits per heavy atom. The molecule has 0 aromatic carbocycles. The molecule has 0 fully saturated rings. The van der Waals surface area contributed by atoms with Crippen LogP contribution < -0.4 is 0 Å². The van der Waals surface area contributed by atoms with Crippen LogP contribution in [-0.2, 0) is 36.9 Å². The molecule has 124 valence electrons. The Balaban J connectivity index is 4.67. The minimum absolute atomic E-state index is 0.214. The molecule has 8 nitrogen and oxygen atoms in total. The Morgan fingerprint density at radius 2 is 1.14 bits per heavy atom. The van der Waals surface area contributed by atoms with Gasteiger partial charge in [0.1, 0.15) is 0 Å². The zero-order valence-electron chi connectivity index (χ0n) is 12.3. The molecular weight excluding hydrogens is 340 g/mol. The molecule has 0 saturated heterocycles. The van der Waals surface area contributed by atoms with Gasteiger partial charge in [0, 0.05) is 0 Å². The first-order valence-electron chi connectivity index (χ1n) is 5.96. The number of allylic oxidation sites excluding steroid dienone is 2. The van der Waals surface area contributed by atoms with Crippen molar-refractivity contribution < 1.29 is 32.9 Å². The van der Waals surface area contributed by atoms with E-state index in [-0.39, 0.29) is 13.2 Å². The van der Waals surface area contributed by atoms with Crippen LogP contribution in [0.15, 0.2) is 24.3 Å². The van der Waals surface area contributed by atoms with Gasteiger partial charge in [-0.1, -0.05) is 24.3 Å². The second-order valence-electron chi connectivity index (χ2n) is 4.09. The van der Waals surface area contributed by atoms with Gasteiger partial charge in [0.25, 0.3) is 0 Å². The zero-order valence-corrected chi connectivity index (χ0v) is 14.9. The van der Waals surface area contributed by atoms with Crippen LogP contribution in [-0.4, -0.2) is 38.6 Å². The van der Waals surface area contributed by atoms with Crippen molar-refractivity contribution in [2.24, 2.45) is 0 Å². The van der Waals surface area contributed by atoms with E-state index in [1.165, 1.54) is 25.2 Å². The molecule has 0 aliphatic rings. The number of rotatable bonds is 10. The molecule has 0 amide bonds. The molecule has 0 radical (unpaired) electrons. The van der Waals surface area contributed by atoms with Crippen LogP contribution in [0.4, 0.5) is 0 Å². The lowest BCUT2D eigenvalue weighted by Crippen LogP contribution is -2.40. The third-order valence-electron chi connectivity index (χ3n) is 1.69. The van der Waals surface area contributed by atoms with Crippen LogP contribution in [0.5, 0.6) is 0 Å². The minimum atomic E-state index is -4.36. The van der Waals surface area contributed by atoms with Crippen molar-refractivity contribution in [2.45, 2.75) is 26.9 Å². The number of hydrogen-bond acceptors (Lipinski definition) is 8. The Bertz CT molecular complexity index is 512. The standard InChI is InChI=1S/C10H20O8S2Si/c1-5-7-9-15-19(11,12)17-21(3,4)18-20(13,14)16-10-8-6-2/h5-8H,9-10H2,1-4H3/b7-5-,8-6-. The summed E-state index contributed by atoms with van der Waals surface area (Å²) in [6.45, 7) is 5.42. The van der Waals surface area contributed by atoms with E-state index in [9.17, 15) is 16.8 Å².